The number of nitrogens with zero attached hydrogens (tertiary/aromatic N) is 4. The summed E-state index contributed by atoms with van der Waals surface area (Å²) in [5.74, 6) is 1.53. The van der Waals surface area contributed by atoms with E-state index in [1.807, 2.05) is 38.1 Å². The Morgan fingerprint density at radius 3 is 2.56 bits per heavy atom. The van der Waals surface area contributed by atoms with E-state index in [0.29, 0.717) is 57.3 Å². The van der Waals surface area contributed by atoms with E-state index in [1.54, 1.807) is 4.90 Å². The second-order valence-electron chi connectivity index (χ2n) is 8.48. The van der Waals surface area contributed by atoms with Crippen molar-refractivity contribution in [1.82, 2.24) is 25.5 Å². The smallest absolute Gasteiger partial charge is 0.319 e. The van der Waals surface area contributed by atoms with Crippen LogP contribution < -0.4 is 20.9 Å². The van der Waals surface area contributed by atoms with Crippen molar-refractivity contribution in [3.63, 3.8) is 0 Å². The highest BCUT2D eigenvalue weighted by molar-refractivity contribution is 5.89. The predicted molar refractivity (Wildman–Crippen MR) is 131 cm³/mol. The molecule has 0 radical (unpaired) electrons. The van der Waals surface area contributed by atoms with Gasteiger partial charge >= 0.3 is 12.1 Å². The van der Waals surface area contributed by atoms with Gasteiger partial charge in [-0.05, 0) is 51.5 Å². The zero-order valence-electron chi connectivity index (χ0n) is 20.1. The van der Waals surface area contributed by atoms with Crippen LogP contribution in [0, 0.1) is 0 Å². The molecule has 182 valence electrons. The van der Waals surface area contributed by atoms with Crippen LogP contribution in [-0.4, -0.2) is 72.4 Å². The number of aromatic nitrogens is 2. The largest absolute Gasteiger partial charge is 0.377 e. The van der Waals surface area contributed by atoms with Crippen LogP contribution in [0.3, 0.4) is 0 Å². The highest BCUT2D eigenvalue weighted by Crippen LogP contribution is 2.31. The van der Waals surface area contributed by atoms with Crippen LogP contribution in [0.5, 0.6) is 0 Å². The van der Waals surface area contributed by atoms with Gasteiger partial charge in [0.25, 0.3) is 0 Å². The van der Waals surface area contributed by atoms with Crippen molar-refractivity contribution >= 4 is 23.6 Å². The number of urea groups is 2. The van der Waals surface area contributed by atoms with Gasteiger partial charge < -0.3 is 30.5 Å². The van der Waals surface area contributed by atoms with Crippen molar-refractivity contribution in [1.29, 1.82) is 0 Å². The molecule has 1 aromatic carbocycles. The summed E-state index contributed by atoms with van der Waals surface area (Å²) in [4.78, 5) is 38.3. The van der Waals surface area contributed by atoms with Crippen LogP contribution >= 0.6 is 0 Å². The molecule has 2 aliphatic heterocycles. The molecule has 4 amide bonds. The van der Waals surface area contributed by atoms with E-state index in [1.165, 1.54) is 0 Å². The number of hydrogen-bond donors (Lipinski definition) is 3. The van der Waals surface area contributed by atoms with Crippen molar-refractivity contribution in [2.75, 3.05) is 49.6 Å². The monoisotopic (exact) mass is 467 g/mol. The van der Waals surface area contributed by atoms with Crippen molar-refractivity contribution in [2.24, 2.45) is 0 Å². The molecule has 2 aliphatic rings. The van der Waals surface area contributed by atoms with Gasteiger partial charge in [0, 0.05) is 43.0 Å². The van der Waals surface area contributed by atoms with Gasteiger partial charge in [0.2, 0.25) is 0 Å². The van der Waals surface area contributed by atoms with Gasteiger partial charge in [-0.25, -0.2) is 19.6 Å². The number of carbonyl (C=O) groups excluding carboxylic acids is 2. The van der Waals surface area contributed by atoms with Gasteiger partial charge in [-0.15, -0.1) is 0 Å². The Morgan fingerprint density at radius 2 is 1.85 bits per heavy atom. The Bertz CT molecular complexity index is 1030. The molecule has 1 unspecified atom stereocenters. The number of hydrogen-bond acceptors (Lipinski definition) is 6. The summed E-state index contributed by atoms with van der Waals surface area (Å²) in [6.45, 7) is 10.2. The lowest BCUT2D eigenvalue weighted by Gasteiger charge is -2.37. The molecule has 3 heterocycles. The maximum Gasteiger partial charge on any atom is 0.319 e. The maximum atomic E-state index is 12.5. The van der Waals surface area contributed by atoms with Gasteiger partial charge in [0.1, 0.15) is 5.82 Å². The Kier molecular flexibility index (Phi) is 7.46. The number of anilines is 2. The number of rotatable bonds is 5. The Hall–Kier alpha value is -3.40. The van der Waals surface area contributed by atoms with Crippen LogP contribution in [-0.2, 0) is 17.7 Å². The molecule has 3 N–H and O–H groups in total. The molecule has 1 saturated heterocycles. The minimum Gasteiger partial charge on any atom is -0.377 e. The van der Waals surface area contributed by atoms with Crippen LogP contribution in [0.2, 0.25) is 0 Å². The Balaban J connectivity index is 1.67. The summed E-state index contributed by atoms with van der Waals surface area (Å²) >= 11 is 0. The Morgan fingerprint density at radius 1 is 1.09 bits per heavy atom. The lowest BCUT2D eigenvalue weighted by atomic mass is 10.0. The summed E-state index contributed by atoms with van der Waals surface area (Å²) in [6.07, 6.45) is 0.710. The fraction of sp³-hybridized carbons (Fsp3) is 0.500. The molecular weight excluding hydrogens is 434 g/mol. The third-order valence-electron chi connectivity index (χ3n) is 6.04. The van der Waals surface area contributed by atoms with Crippen LogP contribution in [0.15, 0.2) is 24.3 Å². The van der Waals surface area contributed by atoms with E-state index in [-0.39, 0.29) is 18.1 Å². The second-order valence-corrected chi connectivity index (χ2v) is 8.48. The molecule has 0 bridgehead atoms. The molecule has 34 heavy (non-hydrogen) atoms. The maximum absolute atomic E-state index is 12.5. The predicted octanol–water partition coefficient (Wildman–Crippen LogP) is 2.60. The normalized spacial score (nSPS) is 17.7. The van der Waals surface area contributed by atoms with E-state index in [0.717, 1.165) is 29.2 Å². The van der Waals surface area contributed by atoms with Crippen LogP contribution in [0.4, 0.5) is 21.1 Å². The molecule has 1 atom stereocenters. The SMILES string of the molecule is CCNC(=O)Nc1ccc(-c2nc3c(c(N4CCOCC4C)n2)CCN(C(=O)NCC)C3)cc1. The zero-order chi connectivity index (χ0) is 24.1. The molecule has 10 heteroatoms. The standard InChI is InChI=1S/C24H33N7O3/c1-4-25-23(32)27-18-8-6-17(7-9-18)21-28-20-14-30(24(33)26-5-2)11-10-19(20)22(29-21)31-12-13-34-15-16(31)3/h6-9,16H,4-5,10-15H2,1-3H3,(H,26,33)(H2,25,27,32). The summed E-state index contributed by atoms with van der Waals surface area (Å²) in [5.41, 5.74) is 3.52. The molecule has 1 aromatic heterocycles. The van der Waals surface area contributed by atoms with Crippen molar-refractivity contribution in [3.8, 4) is 11.4 Å². The van der Waals surface area contributed by atoms with Crippen molar-refractivity contribution < 1.29 is 14.3 Å². The zero-order valence-corrected chi connectivity index (χ0v) is 20.1. The molecule has 2 aromatic rings. The van der Waals surface area contributed by atoms with Gasteiger partial charge in [-0.3, -0.25) is 0 Å². The van der Waals surface area contributed by atoms with Gasteiger partial charge in [0.05, 0.1) is 31.5 Å². The number of nitrogens with one attached hydrogen (secondary N) is 3. The number of ether oxygens (including phenoxy) is 1. The first-order valence-corrected chi connectivity index (χ1v) is 11.9. The molecule has 1 fully saturated rings. The van der Waals surface area contributed by atoms with Crippen LogP contribution in [0.25, 0.3) is 11.4 Å². The minimum atomic E-state index is -0.241. The van der Waals surface area contributed by atoms with E-state index >= 15 is 0 Å². The lowest BCUT2D eigenvalue weighted by Crippen LogP contribution is -2.46. The fourth-order valence-electron chi connectivity index (χ4n) is 4.29. The number of benzene rings is 1. The molecule has 0 spiro atoms. The Labute approximate surface area is 200 Å². The molecular formula is C24H33N7O3. The average Bonchev–Trinajstić information content (AvgIpc) is 2.84. The summed E-state index contributed by atoms with van der Waals surface area (Å²) in [5, 5.41) is 8.41. The first-order chi connectivity index (χ1) is 16.5. The third kappa shape index (κ3) is 5.22. The lowest BCUT2D eigenvalue weighted by molar-refractivity contribution is 0.0983. The topological polar surface area (TPSA) is 112 Å². The van der Waals surface area contributed by atoms with Gasteiger partial charge in [-0.1, -0.05) is 0 Å². The minimum absolute atomic E-state index is 0.0737. The summed E-state index contributed by atoms with van der Waals surface area (Å²) < 4.78 is 5.64. The summed E-state index contributed by atoms with van der Waals surface area (Å²) in [6, 6.07) is 7.37. The third-order valence-corrected chi connectivity index (χ3v) is 6.04. The van der Waals surface area contributed by atoms with E-state index < -0.39 is 0 Å². The molecule has 0 saturated carbocycles. The van der Waals surface area contributed by atoms with E-state index in [9.17, 15) is 9.59 Å². The van der Waals surface area contributed by atoms with Gasteiger partial charge in [0.15, 0.2) is 5.82 Å². The molecule has 10 nitrogen and oxygen atoms in total. The second kappa shape index (κ2) is 10.7. The van der Waals surface area contributed by atoms with Crippen molar-refractivity contribution in [2.45, 2.75) is 39.8 Å². The number of fused-ring (bicyclic) bond motifs is 1. The number of carbonyl (C=O) groups is 2. The molecule has 0 aliphatic carbocycles. The highest BCUT2D eigenvalue weighted by Gasteiger charge is 2.30. The quantitative estimate of drug-likeness (QED) is 0.623. The molecule has 4 rings (SSSR count). The van der Waals surface area contributed by atoms with E-state index in [4.69, 9.17) is 14.7 Å². The van der Waals surface area contributed by atoms with Crippen LogP contribution in [0.1, 0.15) is 32.0 Å². The van der Waals surface area contributed by atoms with Gasteiger partial charge in [-0.2, -0.15) is 0 Å². The number of amides is 4. The van der Waals surface area contributed by atoms with Crippen molar-refractivity contribution in [3.05, 3.63) is 35.5 Å². The fourth-order valence-corrected chi connectivity index (χ4v) is 4.29. The first kappa shape index (κ1) is 23.7. The average molecular weight is 468 g/mol. The van der Waals surface area contributed by atoms with E-state index in [2.05, 4.69) is 27.8 Å². The summed E-state index contributed by atoms with van der Waals surface area (Å²) in [7, 11) is 0. The highest BCUT2D eigenvalue weighted by atomic mass is 16.5. The number of morpholine rings is 1. The first-order valence-electron chi connectivity index (χ1n) is 11.9.